The van der Waals surface area contributed by atoms with E-state index in [1.807, 2.05) is 38.1 Å². The number of methoxy groups -OCH3 is 1. The third-order valence-corrected chi connectivity index (χ3v) is 4.33. The molecule has 2 N–H and O–H groups in total. The fourth-order valence-electron chi connectivity index (χ4n) is 3.06. The van der Waals surface area contributed by atoms with Crippen molar-refractivity contribution in [3.05, 3.63) is 64.1 Å². The molecular formula is C18H23NO3. The van der Waals surface area contributed by atoms with E-state index in [0.717, 1.165) is 17.7 Å². The van der Waals surface area contributed by atoms with Crippen molar-refractivity contribution in [3.8, 4) is 5.75 Å². The van der Waals surface area contributed by atoms with Gasteiger partial charge in [-0.1, -0.05) is 26.0 Å². The van der Waals surface area contributed by atoms with Crippen molar-refractivity contribution in [2.45, 2.75) is 38.2 Å². The number of rotatable bonds is 6. The molecule has 4 heteroatoms. The molecule has 118 valence electrons. The predicted octanol–water partition coefficient (Wildman–Crippen LogP) is 3.17. The van der Waals surface area contributed by atoms with Crippen LogP contribution in [0.15, 0.2) is 47.5 Å². The van der Waals surface area contributed by atoms with E-state index in [4.69, 9.17) is 4.74 Å². The second-order valence-corrected chi connectivity index (χ2v) is 5.43. The summed E-state index contributed by atoms with van der Waals surface area (Å²) in [5.41, 5.74) is 0.0733. The molecule has 1 aromatic heterocycles. The second kappa shape index (κ2) is 6.79. The quantitative estimate of drug-likeness (QED) is 0.861. The van der Waals surface area contributed by atoms with Gasteiger partial charge in [-0.2, -0.15) is 0 Å². The number of benzene rings is 1. The molecular weight excluding hydrogens is 278 g/mol. The lowest BCUT2D eigenvalue weighted by atomic mass is 9.74. The number of pyridine rings is 1. The van der Waals surface area contributed by atoms with Gasteiger partial charge in [0, 0.05) is 29.9 Å². The molecule has 0 fully saturated rings. The van der Waals surface area contributed by atoms with Crippen molar-refractivity contribution >= 4 is 0 Å². The normalized spacial score (nSPS) is 15.1. The van der Waals surface area contributed by atoms with Gasteiger partial charge in [-0.05, 0) is 30.5 Å². The van der Waals surface area contributed by atoms with Crippen molar-refractivity contribution in [2.75, 3.05) is 7.11 Å². The molecule has 0 aliphatic rings. The van der Waals surface area contributed by atoms with Crippen LogP contribution < -0.4 is 10.2 Å². The minimum Gasteiger partial charge on any atom is -0.497 e. The van der Waals surface area contributed by atoms with Crippen LogP contribution in [0.1, 0.15) is 43.7 Å². The van der Waals surface area contributed by atoms with Crippen molar-refractivity contribution < 1.29 is 9.84 Å². The maximum Gasteiger partial charge on any atom is 0.187 e. The standard InChI is InChI=1S/C18H23NO3/c1-4-15(13-6-8-14(22-3)9-7-13)18(21,5-2)16-12-19-11-10-17(16)20/h6-12,15,21H,4-5H2,1-3H3,(H,19,20)/t15-,18+/m1/s1. The first-order valence-electron chi connectivity index (χ1n) is 7.60. The van der Waals surface area contributed by atoms with Gasteiger partial charge in [0.15, 0.2) is 5.43 Å². The number of aliphatic hydroxyl groups is 1. The highest BCUT2D eigenvalue weighted by molar-refractivity contribution is 5.33. The van der Waals surface area contributed by atoms with Gasteiger partial charge in [0.05, 0.1) is 7.11 Å². The summed E-state index contributed by atoms with van der Waals surface area (Å²) < 4.78 is 5.18. The van der Waals surface area contributed by atoms with Gasteiger partial charge in [0.25, 0.3) is 0 Å². The summed E-state index contributed by atoms with van der Waals surface area (Å²) in [6, 6.07) is 9.11. The van der Waals surface area contributed by atoms with Gasteiger partial charge in [-0.25, -0.2) is 0 Å². The van der Waals surface area contributed by atoms with Gasteiger partial charge in [-0.3, -0.25) is 4.79 Å². The van der Waals surface area contributed by atoms with Gasteiger partial charge >= 0.3 is 0 Å². The topological polar surface area (TPSA) is 62.3 Å². The zero-order valence-electron chi connectivity index (χ0n) is 13.3. The lowest BCUT2D eigenvalue weighted by molar-refractivity contribution is 0.000219. The fourth-order valence-corrected chi connectivity index (χ4v) is 3.06. The first-order valence-corrected chi connectivity index (χ1v) is 7.60. The predicted molar refractivity (Wildman–Crippen MR) is 87.3 cm³/mol. The Bertz CT molecular complexity index is 663. The summed E-state index contributed by atoms with van der Waals surface area (Å²) >= 11 is 0. The number of aromatic nitrogens is 1. The van der Waals surface area contributed by atoms with Gasteiger partial charge in [0.2, 0.25) is 0 Å². The summed E-state index contributed by atoms with van der Waals surface area (Å²) in [5.74, 6) is 0.614. The SMILES string of the molecule is CC[C@H](c1ccc(OC)cc1)[C@@](O)(CC)c1c[nH]ccc1=O. The molecule has 1 heterocycles. The first kappa shape index (κ1) is 16.3. The molecule has 0 aliphatic heterocycles. The maximum atomic E-state index is 12.2. The molecule has 0 unspecified atom stereocenters. The lowest BCUT2D eigenvalue weighted by Gasteiger charge is -2.35. The smallest absolute Gasteiger partial charge is 0.187 e. The number of ether oxygens (including phenoxy) is 1. The van der Waals surface area contributed by atoms with E-state index in [2.05, 4.69) is 4.98 Å². The summed E-state index contributed by atoms with van der Waals surface area (Å²) in [6.07, 6.45) is 4.38. The minimum atomic E-state index is -1.20. The molecule has 0 spiro atoms. The van der Waals surface area contributed by atoms with E-state index >= 15 is 0 Å². The van der Waals surface area contributed by atoms with Crippen molar-refractivity contribution in [1.29, 1.82) is 0 Å². The molecule has 1 aromatic carbocycles. The third-order valence-electron chi connectivity index (χ3n) is 4.33. The summed E-state index contributed by atoms with van der Waals surface area (Å²) in [5, 5.41) is 11.3. The molecule has 2 rings (SSSR count). The van der Waals surface area contributed by atoms with Crippen LogP contribution in [0.5, 0.6) is 5.75 Å². The van der Waals surface area contributed by atoms with Crippen LogP contribution in [-0.2, 0) is 5.60 Å². The Morgan fingerprint density at radius 1 is 1.23 bits per heavy atom. The Labute approximate surface area is 130 Å². The highest BCUT2D eigenvalue weighted by Crippen LogP contribution is 2.40. The molecule has 0 radical (unpaired) electrons. The Morgan fingerprint density at radius 2 is 1.91 bits per heavy atom. The van der Waals surface area contributed by atoms with Crippen LogP contribution in [-0.4, -0.2) is 17.2 Å². The number of nitrogens with one attached hydrogen (secondary N) is 1. The van der Waals surface area contributed by atoms with E-state index in [1.165, 1.54) is 6.07 Å². The van der Waals surface area contributed by atoms with Gasteiger partial charge in [-0.15, -0.1) is 0 Å². The maximum absolute atomic E-state index is 12.2. The highest BCUT2D eigenvalue weighted by atomic mass is 16.5. The molecule has 0 saturated carbocycles. The van der Waals surface area contributed by atoms with Crippen LogP contribution in [0.4, 0.5) is 0 Å². The second-order valence-electron chi connectivity index (χ2n) is 5.43. The van der Waals surface area contributed by atoms with Gasteiger partial charge in [0.1, 0.15) is 11.4 Å². The number of hydrogen-bond donors (Lipinski definition) is 2. The molecule has 2 atom stereocenters. The zero-order valence-corrected chi connectivity index (χ0v) is 13.3. The number of H-pyrrole nitrogens is 1. The van der Waals surface area contributed by atoms with Crippen molar-refractivity contribution in [3.63, 3.8) is 0 Å². The molecule has 0 saturated heterocycles. The van der Waals surface area contributed by atoms with E-state index in [-0.39, 0.29) is 11.3 Å². The van der Waals surface area contributed by atoms with E-state index < -0.39 is 5.60 Å². The fraction of sp³-hybridized carbons (Fsp3) is 0.389. The molecule has 0 amide bonds. The highest BCUT2D eigenvalue weighted by Gasteiger charge is 2.38. The molecule has 22 heavy (non-hydrogen) atoms. The third kappa shape index (κ3) is 2.92. The number of aromatic amines is 1. The van der Waals surface area contributed by atoms with E-state index in [0.29, 0.717) is 12.0 Å². The lowest BCUT2D eigenvalue weighted by Crippen LogP contribution is -2.37. The van der Waals surface area contributed by atoms with Crippen LogP contribution in [0, 0.1) is 0 Å². The average molecular weight is 301 g/mol. The largest absolute Gasteiger partial charge is 0.497 e. The molecule has 0 aliphatic carbocycles. The molecule has 0 bridgehead atoms. The van der Waals surface area contributed by atoms with Crippen LogP contribution >= 0.6 is 0 Å². The average Bonchev–Trinajstić information content (AvgIpc) is 2.56. The Kier molecular flexibility index (Phi) is 5.03. The summed E-state index contributed by atoms with van der Waals surface area (Å²) in [6.45, 7) is 3.92. The van der Waals surface area contributed by atoms with Crippen molar-refractivity contribution in [2.24, 2.45) is 0 Å². The molecule has 2 aromatic rings. The van der Waals surface area contributed by atoms with Gasteiger partial charge < -0.3 is 14.8 Å². The van der Waals surface area contributed by atoms with E-state index in [9.17, 15) is 9.90 Å². The number of hydrogen-bond acceptors (Lipinski definition) is 3. The zero-order chi connectivity index (χ0) is 16.2. The van der Waals surface area contributed by atoms with Crippen LogP contribution in [0.2, 0.25) is 0 Å². The van der Waals surface area contributed by atoms with Crippen LogP contribution in [0.25, 0.3) is 0 Å². The Morgan fingerprint density at radius 3 is 2.41 bits per heavy atom. The summed E-state index contributed by atoms with van der Waals surface area (Å²) in [7, 11) is 1.62. The molecule has 4 nitrogen and oxygen atoms in total. The van der Waals surface area contributed by atoms with Crippen molar-refractivity contribution in [1.82, 2.24) is 4.98 Å². The summed E-state index contributed by atoms with van der Waals surface area (Å²) in [4.78, 5) is 15.1. The Hall–Kier alpha value is -2.07. The Balaban J connectivity index is 2.50. The monoisotopic (exact) mass is 301 g/mol. The minimum absolute atomic E-state index is 0.143. The first-order chi connectivity index (χ1) is 10.6. The van der Waals surface area contributed by atoms with E-state index in [1.54, 1.807) is 19.5 Å². The van der Waals surface area contributed by atoms with Crippen LogP contribution in [0.3, 0.4) is 0 Å².